The van der Waals surface area contributed by atoms with E-state index >= 15 is 0 Å². The Hall–Kier alpha value is -3.23. The van der Waals surface area contributed by atoms with E-state index in [0.717, 1.165) is 49.6 Å². The van der Waals surface area contributed by atoms with Crippen LogP contribution in [0, 0.1) is 0 Å². The number of fused-ring (bicyclic) bond motifs is 3. The monoisotopic (exact) mass is 680 g/mol. The smallest absolute Gasteiger partial charge is 0.632 e. The number of ether oxygens (including phenoxy) is 2. The minimum atomic E-state index is -0.995. The zero-order valence-electron chi connectivity index (χ0n) is 22.3. The van der Waals surface area contributed by atoms with Crippen LogP contribution in [0.4, 0.5) is 9.59 Å². The molecule has 2 heterocycles. The number of imidazole rings is 2. The van der Waals surface area contributed by atoms with Crippen LogP contribution in [0.25, 0.3) is 45.1 Å². The molecule has 5 rings (SSSR count). The first-order valence-corrected chi connectivity index (χ1v) is 13.5. The van der Waals surface area contributed by atoms with Crippen molar-refractivity contribution in [2.75, 3.05) is 14.2 Å². The normalized spacial score (nSPS) is 10.9. The van der Waals surface area contributed by atoms with Crippen molar-refractivity contribution in [3.8, 4) is 33.6 Å². The summed E-state index contributed by atoms with van der Waals surface area (Å²) in [6, 6.07) is 16.7. The number of rotatable bonds is 6. The Morgan fingerprint density at radius 2 is 1.12 bits per heavy atom. The molecule has 2 unspecified atom stereocenters. The molecule has 4 N–H and O–H groups in total. The van der Waals surface area contributed by atoms with E-state index in [0.29, 0.717) is 11.1 Å². The largest absolute Gasteiger partial charge is 2.00 e. The molecular formula is C26H24N6O6P2V2. The molecule has 2 atom stereocenters. The predicted molar refractivity (Wildman–Crippen MR) is 155 cm³/mol. The van der Waals surface area contributed by atoms with E-state index in [2.05, 4.69) is 65.8 Å². The number of nitrogens with zero attached hydrogens (tertiary/aromatic N) is 2. The van der Waals surface area contributed by atoms with Gasteiger partial charge in [-0.15, -0.1) is 0 Å². The van der Waals surface area contributed by atoms with E-state index in [9.17, 15) is 19.2 Å². The van der Waals surface area contributed by atoms with E-state index < -0.39 is 12.2 Å². The number of benzene rings is 2. The Morgan fingerprint density at radius 3 is 1.43 bits per heavy atom. The summed E-state index contributed by atoms with van der Waals surface area (Å²) in [5, 5.41) is 0. The SMILES string of the molecule is COC([NH-])=O.COC([NH-])=O.O=[C-]Pc1ncc(-c2ccc3c(c2)CCc2cc(-c4cnc(P[C-]=O)[nH]4)ccc2-3)[nH]1.[V+2].[V+2]. The van der Waals surface area contributed by atoms with Gasteiger partial charge < -0.3 is 40.5 Å². The first-order chi connectivity index (χ1) is 19.3. The van der Waals surface area contributed by atoms with Gasteiger partial charge in [0.2, 0.25) is 12.2 Å². The van der Waals surface area contributed by atoms with Crippen LogP contribution in [0.3, 0.4) is 0 Å². The third-order valence-electron chi connectivity index (χ3n) is 5.65. The third kappa shape index (κ3) is 10.2. The Balaban J connectivity index is 0.000000640. The first kappa shape index (κ1) is 36.8. The summed E-state index contributed by atoms with van der Waals surface area (Å²) >= 11 is 0. The molecule has 2 aromatic carbocycles. The van der Waals surface area contributed by atoms with E-state index in [1.807, 2.05) is 12.1 Å². The molecule has 0 spiro atoms. The minimum absolute atomic E-state index is 0. The zero-order chi connectivity index (χ0) is 29.1. The number of aromatic nitrogens is 4. The van der Waals surface area contributed by atoms with Crippen molar-refractivity contribution < 1.29 is 65.8 Å². The molecule has 1 aliphatic carbocycles. The molecule has 214 valence electrons. The molecule has 0 saturated heterocycles. The van der Waals surface area contributed by atoms with Gasteiger partial charge in [-0.2, -0.15) is 17.2 Å². The average molecular weight is 680 g/mol. The summed E-state index contributed by atoms with van der Waals surface area (Å²) in [4.78, 5) is 54.6. The molecule has 2 radical (unpaired) electrons. The number of hydrogen-bond acceptors (Lipinski definition) is 8. The molecule has 0 saturated carbocycles. The van der Waals surface area contributed by atoms with Crippen LogP contribution >= 0.6 is 17.2 Å². The minimum Gasteiger partial charge on any atom is -0.632 e. The van der Waals surface area contributed by atoms with Gasteiger partial charge in [0.05, 0.1) is 49.1 Å². The van der Waals surface area contributed by atoms with Crippen LogP contribution in [-0.4, -0.2) is 58.4 Å². The van der Waals surface area contributed by atoms with Crippen LogP contribution in [0.5, 0.6) is 0 Å². The number of aromatic amines is 2. The van der Waals surface area contributed by atoms with Crippen molar-refractivity contribution in [1.29, 1.82) is 0 Å². The fraction of sp³-hybridized carbons (Fsp3) is 0.154. The molecular weight excluding hydrogens is 656 g/mol. The van der Waals surface area contributed by atoms with Crippen LogP contribution in [0.1, 0.15) is 11.1 Å². The van der Waals surface area contributed by atoms with Gasteiger partial charge in [-0.05, 0) is 58.4 Å². The van der Waals surface area contributed by atoms with Crippen molar-refractivity contribution in [2.24, 2.45) is 0 Å². The Kier molecular flexibility index (Phi) is 16.1. The molecule has 0 fully saturated rings. The molecule has 42 heavy (non-hydrogen) atoms. The van der Waals surface area contributed by atoms with Crippen molar-refractivity contribution in [1.82, 2.24) is 19.9 Å². The fourth-order valence-electron chi connectivity index (χ4n) is 3.89. The number of aryl methyl sites for hydroxylation is 2. The number of carbonyl (C=O) groups excluding carboxylic acids is 4. The second-order valence-electron chi connectivity index (χ2n) is 7.97. The Bertz CT molecular complexity index is 1400. The third-order valence-corrected chi connectivity index (χ3v) is 6.83. The second kappa shape index (κ2) is 18.3. The maximum atomic E-state index is 10.6. The number of nitrogens with one attached hydrogen (secondary N) is 4. The van der Waals surface area contributed by atoms with Gasteiger partial charge in [-0.25, -0.2) is 22.0 Å². The summed E-state index contributed by atoms with van der Waals surface area (Å²) < 4.78 is 7.56. The number of amides is 2. The molecule has 2 aromatic heterocycles. The standard InChI is InChI=1S/C22H16N4O2P2.2C2H5NO2.2V/c27-11-29-21-23-9-19(25-21)15-3-5-17-13(7-15)1-2-14-8-16(4-6-18(14)17)20-10-24-22(26-20)30-12-28;2*1-5-2(3)4;;/h3-10,29-30H,1-2H2,(H,23,25)(H,24,26);2*1H3,(H2,3,4);;/q-2;;;2*+2/p-2. The van der Waals surface area contributed by atoms with Gasteiger partial charge in [-0.1, -0.05) is 24.3 Å². The zero-order valence-corrected chi connectivity index (χ0v) is 27.1. The van der Waals surface area contributed by atoms with Gasteiger partial charge in [-0.3, -0.25) is 9.59 Å². The molecule has 16 heteroatoms. The summed E-state index contributed by atoms with van der Waals surface area (Å²) in [6.07, 6.45) is 3.47. The average Bonchev–Trinajstić information content (AvgIpc) is 3.63. The van der Waals surface area contributed by atoms with E-state index in [4.69, 9.17) is 11.5 Å². The summed E-state index contributed by atoms with van der Waals surface area (Å²) in [5.41, 5.74) is 22.3. The number of H-pyrrole nitrogens is 2. The number of carbonyl (C=O) groups is 2. The van der Waals surface area contributed by atoms with Crippen molar-refractivity contribution >= 4 is 52.5 Å². The summed E-state index contributed by atoms with van der Waals surface area (Å²) in [5.74, 6) is 0. The topological polar surface area (TPSA) is 192 Å². The van der Waals surface area contributed by atoms with Crippen LogP contribution < -0.4 is 11.1 Å². The molecule has 4 aromatic rings. The number of methoxy groups -OCH3 is 2. The fourth-order valence-corrected chi connectivity index (χ4v) is 4.74. The van der Waals surface area contributed by atoms with Crippen molar-refractivity contribution in [2.45, 2.75) is 12.8 Å². The molecule has 12 nitrogen and oxygen atoms in total. The molecule has 1 aliphatic rings. The van der Waals surface area contributed by atoms with Crippen molar-refractivity contribution in [3.63, 3.8) is 0 Å². The van der Waals surface area contributed by atoms with Gasteiger partial charge in [0.25, 0.3) is 0 Å². The van der Waals surface area contributed by atoms with E-state index in [1.165, 1.54) is 22.3 Å². The predicted octanol–water partition coefficient (Wildman–Crippen LogP) is 4.58. The first-order valence-electron chi connectivity index (χ1n) is 11.5. The second-order valence-corrected chi connectivity index (χ2v) is 9.83. The van der Waals surface area contributed by atoms with Gasteiger partial charge in [0.15, 0.2) is 0 Å². The molecule has 0 aliphatic heterocycles. The molecule has 2 amide bonds. The quantitative estimate of drug-likeness (QED) is 0.218. The maximum absolute atomic E-state index is 10.6. The maximum Gasteiger partial charge on any atom is 2.00 e. The summed E-state index contributed by atoms with van der Waals surface area (Å²) in [7, 11) is 2.17. The van der Waals surface area contributed by atoms with E-state index in [-0.39, 0.29) is 54.3 Å². The van der Waals surface area contributed by atoms with Crippen LogP contribution in [0.15, 0.2) is 48.8 Å². The molecule has 0 bridgehead atoms. The van der Waals surface area contributed by atoms with Crippen molar-refractivity contribution in [3.05, 3.63) is 71.4 Å². The number of hydrogen-bond donors (Lipinski definition) is 2. The van der Waals surface area contributed by atoms with Crippen LogP contribution in [0.2, 0.25) is 0 Å². The summed E-state index contributed by atoms with van der Waals surface area (Å²) in [6.45, 7) is 0. The Morgan fingerprint density at radius 1 is 0.762 bits per heavy atom. The van der Waals surface area contributed by atoms with Gasteiger partial charge in [0.1, 0.15) is 0 Å². The van der Waals surface area contributed by atoms with Gasteiger partial charge in [0, 0.05) is 0 Å². The van der Waals surface area contributed by atoms with Crippen LogP contribution in [-0.2, 0) is 69.0 Å². The van der Waals surface area contributed by atoms with E-state index in [1.54, 1.807) is 12.4 Å². The Labute approximate surface area is 269 Å². The van der Waals surface area contributed by atoms with Gasteiger partial charge >= 0.3 is 37.1 Å².